The Morgan fingerprint density at radius 1 is 1.36 bits per heavy atom. The van der Waals surface area contributed by atoms with Crippen LogP contribution in [-0.4, -0.2) is 35.5 Å². The third-order valence-corrected chi connectivity index (χ3v) is 5.86. The summed E-state index contributed by atoms with van der Waals surface area (Å²) in [5, 5.41) is 5.02. The van der Waals surface area contributed by atoms with Crippen LogP contribution in [0.2, 0.25) is 0 Å². The van der Waals surface area contributed by atoms with E-state index in [9.17, 15) is 4.79 Å². The minimum Gasteiger partial charge on any atom is -0.497 e. The highest BCUT2D eigenvalue weighted by Crippen LogP contribution is 2.28. The molecule has 28 heavy (non-hydrogen) atoms. The number of hydrogen-bond donors (Lipinski definition) is 1. The largest absolute Gasteiger partial charge is 0.497 e. The third-order valence-electron chi connectivity index (χ3n) is 5.00. The first kappa shape index (κ1) is 18.7. The molecule has 4 rings (SSSR count). The van der Waals surface area contributed by atoms with Crippen molar-refractivity contribution in [3.05, 3.63) is 53.2 Å². The van der Waals surface area contributed by atoms with Gasteiger partial charge in [-0.15, -0.1) is 11.3 Å². The zero-order valence-corrected chi connectivity index (χ0v) is 16.8. The molecule has 7 heteroatoms. The fraction of sp³-hybridized carbons (Fsp3) is 0.333. The van der Waals surface area contributed by atoms with Crippen molar-refractivity contribution in [2.24, 2.45) is 0 Å². The maximum absolute atomic E-state index is 12.8. The smallest absolute Gasteiger partial charge is 0.241 e. The van der Waals surface area contributed by atoms with E-state index in [1.54, 1.807) is 18.4 Å². The van der Waals surface area contributed by atoms with Gasteiger partial charge in [-0.1, -0.05) is 6.07 Å². The number of rotatable bonds is 6. The quantitative estimate of drug-likeness (QED) is 0.671. The van der Waals surface area contributed by atoms with Crippen molar-refractivity contribution in [2.45, 2.75) is 32.4 Å². The molecule has 0 saturated carbocycles. The average Bonchev–Trinajstić information content (AvgIpc) is 3.44. The number of anilines is 1. The molecule has 1 fully saturated rings. The van der Waals surface area contributed by atoms with E-state index in [-0.39, 0.29) is 11.9 Å². The van der Waals surface area contributed by atoms with Crippen molar-refractivity contribution in [2.75, 3.05) is 19.0 Å². The number of hydrogen-bond acceptors (Lipinski definition) is 6. The number of oxazole rings is 1. The molecule has 1 aromatic carbocycles. The van der Waals surface area contributed by atoms with E-state index in [0.717, 1.165) is 47.2 Å². The molecule has 3 aromatic rings. The molecular weight excluding hydrogens is 374 g/mol. The Kier molecular flexibility index (Phi) is 5.45. The molecule has 1 amide bonds. The van der Waals surface area contributed by atoms with Crippen LogP contribution in [0.25, 0.3) is 10.8 Å². The highest BCUT2D eigenvalue weighted by molar-refractivity contribution is 7.13. The molecule has 1 aliphatic heterocycles. The summed E-state index contributed by atoms with van der Waals surface area (Å²) in [6.07, 6.45) is 1.84. The molecule has 2 aromatic heterocycles. The molecule has 0 unspecified atom stereocenters. The zero-order chi connectivity index (χ0) is 19.5. The second-order valence-corrected chi connectivity index (χ2v) is 7.79. The molecule has 1 N–H and O–H groups in total. The minimum atomic E-state index is -0.164. The van der Waals surface area contributed by atoms with Gasteiger partial charge >= 0.3 is 0 Å². The van der Waals surface area contributed by atoms with Gasteiger partial charge in [0.2, 0.25) is 11.8 Å². The van der Waals surface area contributed by atoms with Gasteiger partial charge in [0.1, 0.15) is 11.5 Å². The Morgan fingerprint density at radius 2 is 2.18 bits per heavy atom. The fourth-order valence-electron chi connectivity index (χ4n) is 3.48. The van der Waals surface area contributed by atoms with Crippen LogP contribution in [0.15, 0.2) is 46.2 Å². The molecule has 0 aliphatic carbocycles. The molecule has 0 spiro atoms. The fourth-order valence-corrected chi connectivity index (χ4v) is 4.13. The molecule has 1 aliphatic rings. The Bertz CT molecular complexity index is 934. The number of amides is 1. The SMILES string of the molecule is COc1ccc(NC(=O)[C@@H]2CCCN2Cc2nc(-c3cccs3)oc2C)cc1. The van der Waals surface area contributed by atoms with Gasteiger partial charge in [0.15, 0.2) is 0 Å². The van der Waals surface area contributed by atoms with Crippen molar-refractivity contribution in [1.29, 1.82) is 0 Å². The number of aromatic nitrogens is 1. The number of thiophene rings is 1. The summed E-state index contributed by atoms with van der Waals surface area (Å²) in [6, 6.07) is 11.2. The van der Waals surface area contributed by atoms with Crippen molar-refractivity contribution >= 4 is 22.9 Å². The first-order chi connectivity index (χ1) is 13.6. The van der Waals surface area contributed by atoms with Crippen molar-refractivity contribution < 1.29 is 13.9 Å². The molecule has 6 nitrogen and oxygen atoms in total. The molecule has 1 saturated heterocycles. The van der Waals surface area contributed by atoms with Crippen LogP contribution in [0.3, 0.4) is 0 Å². The number of nitrogens with one attached hydrogen (secondary N) is 1. The lowest BCUT2D eigenvalue weighted by molar-refractivity contribution is -0.120. The summed E-state index contributed by atoms with van der Waals surface area (Å²) in [5.41, 5.74) is 1.67. The van der Waals surface area contributed by atoms with Crippen LogP contribution >= 0.6 is 11.3 Å². The van der Waals surface area contributed by atoms with Crippen LogP contribution in [-0.2, 0) is 11.3 Å². The first-order valence-corrected chi connectivity index (χ1v) is 10.2. The van der Waals surface area contributed by atoms with E-state index in [0.29, 0.717) is 12.4 Å². The number of carbonyl (C=O) groups is 1. The van der Waals surface area contributed by atoms with Gasteiger partial charge in [0.25, 0.3) is 0 Å². The van der Waals surface area contributed by atoms with Gasteiger partial charge in [-0.2, -0.15) is 0 Å². The van der Waals surface area contributed by atoms with E-state index in [1.807, 2.05) is 48.7 Å². The molecule has 0 radical (unpaired) electrons. The standard InChI is InChI=1S/C21H23N3O3S/c1-14-17(23-21(27-14)19-6-4-12-28-19)13-24-11-3-5-18(24)20(25)22-15-7-9-16(26-2)10-8-15/h4,6-10,12,18H,3,5,11,13H2,1-2H3,(H,22,25)/t18-/m0/s1. The highest BCUT2D eigenvalue weighted by atomic mass is 32.1. The normalized spacial score (nSPS) is 17.0. The molecule has 146 valence electrons. The van der Waals surface area contributed by atoms with Crippen LogP contribution < -0.4 is 10.1 Å². The number of carbonyl (C=O) groups excluding carboxylic acids is 1. The molecule has 1 atom stereocenters. The number of likely N-dealkylation sites (tertiary alicyclic amines) is 1. The van der Waals surface area contributed by atoms with Crippen LogP contribution in [0.5, 0.6) is 5.75 Å². The average molecular weight is 398 g/mol. The van der Waals surface area contributed by atoms with E-state index >= 15 is 0 Å². The maximum Gasteiger partial charge on any atom is 0.241 e. The maximum atomic E-state index is 12.8. The lowest BCUT2D eigenvalue weighted by atomic mass is 10.2. The first-order valence-electron chi connectivity index (χ1n) is 9.33. The Balaban J connectivity index is 1.44. The summed E-state index contributed by atoms with van der Waals surface area (Å²) in [5.74, 6) is 2.25. The van der Waals surface area contributed by atoms with E-state index in [4.69, 9.17) is 9.15 Å². The van der Waals surface area contributed by atoms with Gasteiger partial charge in [-0.25, -0.2) is 4.98 Å². The highest BCUT2D eigenvalue weighted by Gasteiger charge is 2.32. The number of benzene rings is 1. The monoisotopic (exact) mass is 397 g/mol. The number of nitrogens with zero attached hydrogens (tertiary/aromatic N) is 2. The lowest BCUT2D eigenvalue weighted by Gasteiger charge is -2.23. The summed E-state index contributed by atoms with van der Waals surface area (Å²) in [6.45, 7) is 3.42. The predicted octanol–water partition coefficient (Wildman–Crippen LogP) is 4.32. The van der Waals surface area contributed by atoms with E-state index < -0.39 is 0 Å². The van der Waals surface area contributed by atoms with Gasteiger partial charge in [0, 0.05) is 12.2 Å². The zero-order valence-electron chi connectivity index (χ0n) is 16.0. The molecule has 3 heterocycles. The summed E-state index contributed by atoms with van der Waals surface area (Å²) in [4.78, 5) is 20.7. The van der Waals surface area contributed by atoms with Crippen molar-refractivity contribution in [1.82, 2.24) is 9.88 Å². The predicted molar refractivity (Wildman–Crippen MR) is 110 cm³/mol. The second kappa shape index (κ2) is 8.16. The van der Waals surface area contributed by atoms with Crippen LogP contribution in [0, 0.1) is 6.92 Å². The minimum absolute atomic E-state index is 0.0160. The van der Waals surface area contributed by atoms with Gasteiger partial charge in [-0.05, 0) is 62.0 Å². The number of aryl methyl sites for hydroxylation is 1. The van der Waals surface area contributed by atoms with Gasteiger partial charge in [-0.3, -0.25) is 9.69 Å². The summed E-state index contributed by atoms with van der Waals surface area (Å²) >= 11 is 1.61. The Labute approximate surface area is 168 Å². The van der Waals surface area contributed by atoms with Crippen LogP contribution in [0.4, 0.5) is 5.69 Å². The molecular formula is C21H23N3O3S. The number of ether oxygens (including phenoxy) is 1. The lowest BCUT2D eigenvalue weighted by Crippen LogP contribution is -2.39. The van der Waals surface area contributed by atoms with Crippen molar-refractivity contribution in [3.63, 3.8) is 0 Å². The molecule has 0 bridgehead atoms. The van der Waals surface area contributed by atoms with Gasteiger partial charge < -0.3 is 14.5 Å². The summed E-state index contributed by atoms with van der Waals surface area (Å²) in [7, 11) is 1.62. The van der Waals surface area contributed by atoms with E-state index in [2.05, 4.69) is 15.2 Å². The summed E-state index contributed by atoms with van der Waals surface area (Å²) < 4.78 is 11.0. The Hall–Kier alpha value is -2.64. The van der Waals surface area contributed by atoms with E-state index in [1.165, 1.54) is 0 Å². The van der Waals surface area contributed by atoms with Crippen LogP contribution in [0.1, 0.15) is 24.3 Å². The number of methoxy groups -OCH3 is 1. The third kappa shape index (κ3) is 3.95. The topological polar surface area (TPSA) is 67.6 Å². The van der Waals surface area contributed by atoms with Gasteiger partial charge in [0.05, 0.1) is 23.7 Å². The van der Waals surface area contributed by atoms with Crippen molar-refractivity contribution in [3.8, 4) is 16.5 Å². The Morgan fingerprint density at radius 3 is 2.89 bits per heavy atom. The second-order valence-electron chi connectivity index (χ2n) is 6.85.